The van der Waals surface area contributed by atoms with E-state index in [0.29, 0.717) is 12.3 Å². The number of likely N-dealkylation sites (N-methyl/N-ethyl adjacent to an activating group) is 1. The van der Waals surface area contributed by atoms with Gasteiger partial charge >= 0.3 is 5.69 Å². The fraction of sp³-hybridized carbons (Fsp3) is 0.385. The van der Waals surface area contributed by atoms with E-state index >= 15 is 0 Å². The first-order valence-corrected chi connectivity index (χ1v) is 5.91. The largest absolute Gasteiger partial charge is 0.497 e. The van der Waals surface area contributed by atoms with Gasteiger partial charge in [0.1, 0.15) is 12.4 Å². The summed E-state index contributed by atoms with van der Waals surface area (Å²) in [6.07, 6.45) is 0. The lowest BCUT2D eigenvalue weighted by atomic mass is 10.2. The highest BCUT2D eigenvalue weighted by Crippen LogP contribution is 2.31. The highest BCUT2D eigenvalue weighted by atomic mass is 16.6. The van der Waals surface area contributed by atoms with Crippen molar-refractivity contribution in [1.29, 1.82) is 0 Å². The summed E-state index contributed by atoms with van der Waals surface area (Å²) in [6, 6.07) is 4.39. The molecule has 1 aromatic carbocycles. The van der Waals surface area contributed by atoms with E-state index in [0.717, 1.165) is 12.1 Å². The van der Waals surface area contributed by atoms with E-state index in [9.17, 15) is 10.1 Å². The number of nitrogens with one attached hydrogen (secondary N) is 1. The molecule has 1 rings (SSSR count). The quantitative estimate of drug-likeness (QED) is 0.443. The highest BCUT2D eigenvalue weighted by molar-refractivity contribution is 5.50. The Kier molecular flexibility index (Phi) is 5.81. The van der Waals surface area contributed by atoms with Crippen molar-refractivity contribution in [3.63, 3.8) is 0 Å². The van der Waals surface area contributed by atoms with Crippen LogP contribution in [0, 0.1) is 10.1 Å². The first-order valence-electron chi connectivity index (χ1n) is 5.91. The number of methoxy groups -OCH3 is 1. The van der Waals surface area contributed by atoms with Gasteiger partial charge in [-0.1, -0.05) is 13.5 Å². The van der Waals surface area contributed by atoms with Gasteiger partial charge in [0, 0.05) is 18.7 Å². The van der Waals surface area contributed by atoms with Gasteiger partial charge in [-0.05, 0) is 18.2 Å². The van der Waals surface area contributed by atoms with Crippen molar-refractivity contribution >= 4 is 5.69 Å². The van der Waals surface area contributed by atoms with E-state index in [-0.39, 0.29) is 18.0 Å². The molecule has 0 amide bonds. The van der Waals surface area contributed by atoms with E-state index in [1.807, 2.05) is 6.92 Å². The SMILES string of the molecule is C=C(CNCC)COc1cc(OC)ccc1[N+](=O)[O-]. The molecule has 104 valence electrons. The van der Waals surface area contributed by atoms with E-state index < -0.39 is 4.92 Å². The van der Waals surface area contributed by atoms with Crippen molar-refractivity contribution in [2.75, 3.05) is 26.8 Å². The van der Waals surface area contributed by atoms with Crippen molar-refractivity contribution in [3.05, 3.63) is 40.5 Å². The Labute approximate surface area is 112 Å². The second kappa shape index (κ2) is 7.38. The standard InChI is InChI=1S/C13H18N2O4/c1-4-14-8-10(2)9-19-13-7-11(18-3)5-6-12(13)15(16)17/h5-7,14H,2,4,8-9H2,1,3H3. The fourth-order valence-electron chi connectivity index (χ4n) is 1.42. The first-order chi connectivity index (χ1) is 9.08. The molecule has 0 saturated carbocycles. The van der Waals surface area contributed by atoms with Crippen LogP contribution in [0.2, 0.25) is 0 Å². The zero-order valence-electron chi connectivity index (χ0n) is 11.1. The number of hydrogen-bond donors (Lipinski definition) is 1. The van der Waals surface area contributed by atoms with Crippen LogP contribution in [-0.2, 0) is 0 Å². The summed E-state index contributed by atoms with van der Waals surface area (Å²) in [7, 11) is 1.50. The molecule has 0 aliphatic heterocycles. The van der Waals surface area contributed by atoms with Crippen molar-refractivity contribution in [1.82, 2.24) is 5.32 Å². The van der Waals surface area contributed by atoms with Crippen LogP contribution in [0.15, 0.2) is 30.4 Å². The zero-order chi connectivity index (χ0) is 14.3. The number of rotatable bonds is 8. The molecule has 1 aromatic rings. The summed E-state index contributed by atoms with van der Waals surface area (Å²) in [5, 5.41) is 14.0. The highest BCUT2D eigenvalue weighted by Gasteiger charge is 2.16. The van der Waals surface area contributed by atoms with Crippen molar-refractivity contribution in [2.45, 2.75) is 6.92 Å². The van der Waals surface area contributed by atoms with Gasteiger partial charge in [-0.2, -0.15) is 0 Å². The molecular formula is C13H18N2O4. The average molecular weight is 266 g/mol. The molecule has 0 aliphatic carbocycles. The Morgan fingerprint density at radius 2 is 2.26 bits per heavy atom. The summed E-state index contributed by atoms with van der Waals surface area (Å²) >= 11 is 0. The molecule has 0 bridgehead atoms. The van der Waals surface area contributed by atoms with E-state index in [4.69, 9.17) is 9.47 Å². The minimum Gasteiger partial charge on any atom is -0.497 e. The Morgan fingerprint density at radius 1 is 1.53 bits per heavy atom. The molecule has 0 saturated heterocycles. The van der Waals surface area contributed by atoms with Crippen LogP contribution in [0.4, 0.5) is 5.69 Å². The summed E-state index contributed by atoms with van der Waals surface area (Å²) < 4.78 is 10.5. The maximum Gasteiger partial charge on any atom is 0.311 e. The smallest absolute Gasteiger partial charge is 0.311 e. The number of benzene rings is 1. The van der Waals surface area contributed by atoms with Gasteiger partial charge in [-0.25, -0.2) is 0 Å². The molecular weight excluding hydrogens is 248 g/mol. The molecule has 0 radical (unpaired) electrons. The van der Waals surface area contributed by atoms with Crippen LogP contribution in [0.1, 0.15) is 6.92 Å². The summed E-state index contributed by atoms with van der Waals surface area (Å²) in [5.74, 6) is 0.694. The van der Waals surface area contributed by atoms with Crippen molar-refractivity contribution in [3.8, 4) is 11.5 Å². The van der Waals surface area contributed by atoms with Crippen LogP contribution in [-0.4, -0.2) is 31.7 Å². The third kappa shape index (κ3) is 4.59. The minimum atomic E-state index is -0.484. The van der Waals surface area contributed by atoms with E-state index in [1.54, 1.807) is 0 Å². The van der Waals surface area contributed by atoms with Crippen LogP contribution in [0.25, 0.3) is 0 Å². The van der Waals surface area contributed by atoms with Gasteiger partial charge in [-0.15, -0.1) is 0 Å². The number of nitro groups is 1. The molecule has 0 heterocycles. The van der Waals surface area contributed by atoms with Gasteiger partial charge in [-0.3, -0.25) is 10.1 Å². The lowest BCUT2D eigenvalue weighted by Crippen LogP contribution is -2.19. The maximum atomic E-state index is 10.9. The molecule has 0 fully saturated rings. The number of nitrogens with zero attached hydrogens (tertiary/aromatic N) is 1. The van der Waals surface area contributed by atoms with Crippen LogP contribution in [0.3, 0.4) is 0 Å². The summed E-state index contributed by atoms with van der Waals surface area (Å²) in [5.41, 5.74) is 0.732. The average Bonchev–Trinajstić information content (AvgIpc) is 2.42. The molecule has 0 spiro atoms. The molecule has 6 heteroatoms. The third-order valence-corrected chi connectivity index (χ3v) is 2.42. The summed E-state index contributed by atoms with van der Waals surface area (Å²) in [6.45, 7) is 7.50. The Hall–Kier alpha value is -2.08. The maximum absolute atomic E-state index is 10.9. The Morgan fingerprint density at radius 3 is 2.84 bits per heavy atom. The van der Waals surface area contributed by atoms with Crippen molar-refractivity contribution < 1.29 is 14.4 Å². The predicted molar refractivity (Wildman–Crippen MR) is 72.8 cm³/mol. The third-order valence-electron chi connectivity index (χ3n) is 2.42. The number of hydrogen-bond acceptors (Lipinski definition) is 5. The van der Waals surface area contributed by atoms with E-state index in [2.05, 4.69) is 11.9 Å². The lowest BCUT2D eigenvalue weighted by molar-refractivity contribution is -0.385. The number of nitro benzene ring substituents is 1. The topological polar surface area (TPSA) is 73.6 Å². The normalized spacial score (nSPS) is 10.0. The molecule has 19 heavy (non-hydrogen) atoms. The van der Waals surface area contributed by atoms with Gasteiger partial charge in [0.25, 0.3) is 0 Å². The lowest BCUT2D eigenvalue weighted by Gasteiger charge is -2.10. The van der Waals surface area contributed by atoms with Gasteiger partial charge in [0.15, 0.2) is 0 Å². The summed E-state index contributed by atoms with van der Waals surface area (Å²) in [4.78, 5) is 10.4. The van der Waals surface area contributed by atoms with Crippen LogP contribution < -0.4 is 14.8 Å². The van der Waals surface area contributed by atoms with E-state index in [1.165, 1.54) is 25.3 Å². The van der Waals surface area contributed by atoms with Gasteiger partial charge in [0.2, 0.25) is 5.75 Å². The van der Waals surface area contributed by atoms with Crippen molar-refractivity contribution in [2.24, 2.45) is 0 Å². The molecule has 0 aromatic heterocycles. The molecule has 0 aliphatic rings. The first kappa shape index (κ1) is 15.0. The van der Waals surface area contributed by atoms with Gasteiger partial charge in [0.05, 0.1) is 12.0 Å². The van der Waals surface area contributed by atoms with Crippen LogP contribution in [0.5, 0.6) is 11.5 Å². The Balaban J connectivity index is 2.74. The monoisotopic (exact) mass is 266 g/mol. The molecule has 6 nitrogen and oxygen atoms in total. The zero-order valence-corrected chi connectivity index (χ0v) is 11.1. The molecule has 1 N–H and O–H groups in total. The number of ether oxygens (including phenoxy) is 2. The molecule has 0 atom stereocenters. The fourth-order valence-corrected chi connectivity index (χ4v) is 1.42. The van der Waals surface area contributed by atoms with Crippen LogP contribution >= 0.6 is 0 Å². The second-order valence-electron chi connectivity index (χ2n) is 3.91. The predicted octanol–water partition coefficient (Wildman–Crippen LogP) is 2.15. The minimum absolute atomic E-state index is 0.0861. The Bertz CT molecular complexity index is 460. The molecule has 0 unspecified atom stereocenters. The second-order valence-corrected chi connectivity index (χ2v) is 3.91. The van der Waals surface area contributed by atoms with Gasteiger partial charge < -0.3 is 14.8 Å².